The van der Waals surface area contributed by atoms with Crippen LogP contribution in [0, 0.1) is 0 Å². The molecule has 0 amide bonds. The van der Waals surface area contributed by atoms with Gasteiger partial charge in [0.25, 0.3) is 0 Å². The molecule has 0 spiro atoms. The normalized spacial score (nSPS) is 10.2. The zero-order valence-corrected chi connectivity index (χ0v) is 10.8. The molecule has 1 heterocycles. The van der Waals surface area contributed by atoms with E-state index in [1.165, 1.54) is 0 Å². The summed E-state index contributed by atoms with van der Waals surface area (Å²) >= 11 is 0. The minimum Gasteiger partial charge on any atom is -0.368 e. The van der Waals surface area contributed by atoms with Crippen LogP contribution >= 0.6 is 0 Å². The highest BCUT2D eigenvalue weighted by atomic mass is 15.1. The molecule has 20 heavy (non-hydrogen) atoms. The van der Waals surface area contributed by atoms with Gasteiger partial charge in [-0.2, -0.15) is 4.98 Å². The van der Waals surface area contributed by atoms with Crippen molar-refractivity contribution in [3.63, 3.8) is 0 Å². The van der Waals surface area contributed by atoms with E-state index in [-0.39, 0.29) is 5.95 Å². The second-order valence-corrected chi connectivity index (χ2v) is 4.35. The van der Waals surface area contributed by atoms with Gasteiger partial charge in [0.1, 0.15) is 5.82 Å². The maximum atomic E-state index is 5.79. The van der Waals surface area contributed by atoms with Gasteiger partial charge in [0, 0.05) is 17.3 Å². The van der Waals surface area contributed by atoms with Gasteiger partial charge in [-0.05, 0) is 12.1 Å². The summed E-state index contributed by atoms with van der Waals surface area (Å²) in [6.45, 7) is 0. The summed E-state index contributed by atoms with van der Waals surface area (Å²) in [6, 6.07) is 21.6. The Morgan fingerprint density at radius 3 is 2.15 bits per heavy atom. The van der Waals surface area contributed by atoms with E-state index in [1.54, 1.807) is 0 Å². The molecule has 0 fully saturated rings. The van der Waals surface area contributed by atoms with Crippen LogP contribution in [0.15, 0.2) is 66.7 Å². The highest BCUT2D eigenvalue weighted by molar-refractivity contribution is 5.66. The molecule has 0 saturated heterocycles. The molecule has 2 aromatic carbocycles. The SMILES string of the molecule is Nc1nc(Nc2ccccc2)cc(-c2ccccc2)n1. The summed E-state index contributed by atoms with van der Waals surface area (Å²) in [6.07, 6.45) is 0. The van der Waals surface area contributed by atoms with Crippen molar-refractivity contribution in [2.24, 2.45) is 0 Å². The summed E-state index contributed by atoms with van der Waals surface area (Å²) in [5.74, 6) is 0.937. The number of nitrogen functional groups attached to an aromatic ring is 1. The van der Waals surface area contributed by atoms with Gasteiger partial charge < -0.3 is 11.1 Å². The number of anilines is 3. The average Bonchev–Trinajstić information content (AvgIpc) is 2.49. The molecule has 3 rings (SSSR count). The van der Waals surface area contributed by atoms with Gasteiger partial charge in [-0.15, -0.1) is 0 Å². The lowest BCUT2D eigenvalue weighted by molar-refractivity contribution is 1.19. The van der Waals surface area contributed by atoms with Crippen molar-refractivity contribution in [1.29, 1.82) is 0 Å². The first kappa shape index (κ1) is 12.2. The zero-order valence-electron chi connectivity index (χ0n) is 10.8. The molecule has 0 saturated carbocycles. The Morgan fingerprint density at radius 2 is 1.45 bits per heavy atom. The lowest BCUT2D eigenvalue weighted by Gasteiger charge is -2.08. The lowest BCUT2D eigenvalue weighted by Crippen LogP contribution is -2.01. The molecule has 1 aromatic heterocycles. The third-order valence-electron chi connectivity index (χ3n) is 2.86. The fourth-order valence-electron chi connectivity index (χ4n) is 1.96. The molecule has 0 aliphatic heterocycles. The Kier molecular flexibility index (Phi) is 3.29. The average molecular weight is 262 g/mol. The van der Waals surface area contributed by atoms with Crippen LogP contribution < -0.4 is 11.1 Å². The van der Waals surface area contributed by atoms with Gasteiger partial charge in [0.15, 0.2) is 0 Å². The molecule has 0 aliphatic carbocycles. The fourth-order valence-corrected chi connectivity index (χ4v) is 1.96. The molecule has 0 atom stereocenters. The van der Waals surface area contributed by atoms with Crippen molar-refractivity contribution in [2.45, 2.75) is 0 Å². The summed E-state index contributed by atoms with van der Waals surface area (Å²) < 4.78 is 0. The standard InChI is InChI=1S/C16H14N4/c17-16-19-14(12-7-3-1-4-8-12)11-15(20-16)18-13-9-5-2-6-10-13/h1-11H,(H3,17,18,19,20). The highest BCUT2D eigenvalue weighted by Crippen LogP contribution is 2.22. The molecule has 0 radical (unpaired) electrons. The maximum absolute atomic E-state index is 5.79. The van der Waals surface area contributed by atoms with Gasteiger partial charge in [0.05, 0.1) is 5.69 Å². The predicted octanol–water partition coefficient (Wildman–Crippen LogP) is 3.47. The van der Waals surface area contributed by atoms with E-state index in [0.29, 0.717) is 5.82 Å². The first-order valence-corrected chi connectivity index (χ1v) is 6.33. The second kappa shape index (κ2) is 5.40. The first-order valence-electron chi connectivity index (χ1n) is 6.33. The number of aromatic nitrogens is 2. The topological polar surface area (TPSA) is 63.8 Å². The monoisotopic (exact) mass is 262 g/mol. The number of nitrogens with two attached hydrogens (primary N) is 1. The molecule has 0 unspecified atom stereocenters. The highest BCUT2D eigenvalue weighted by Gasteiger charge is 2.04. The lowest BCUT2D eigenvalue weighted by atomic mass is 10.1. The van der Waals surface area contributed by atoms with Crippen LogP contribution in [0.1, 0.15) is 0 Å². The number of rotatable bonds is 3. The van der Waals surface area contributed by atoms with Gasteiger partial charge >= 0.3 is 0 Å². The van der Waals surface area contributed by atoms with Crippen LogP contribution in [0.25, 0.3) is 11.3 Å². The molecule has 3 aromatic rings. The summed E-state index contributed by atoms with van der Waals surface area (Å²) in [5, 5.41) is 3.22. The van der Waals surface area contributed by atoms with Crippen molar-refractivity contribution in [3.8, 4) is 11.3 Å². The molecule has 0 bridgehead atoms. The van der Waals surface area contributed by atoms with Gasteiger partial charge in [0.2, 0.25) is 5.95 Å². The van der Waals surface area contributed by atoms with Crippen molar-refractivity contribution < 1.29 is 0 Å². The second-order valence-electron chi connectivity index (χ2n) is 4.35. The number of benzene rings is 2. The third kappa shape index (κ3) is 2.75. The Balaban J connectivity index is 1.95. The van der Waals surface area contributed by atoms with Crippen molar-refractivity contribution in [1.82, 2.24) is 9.97 Å². The number of para-hydroxylation sites is 1. The van der Waals surface area contributed by atoms with Crippen LogP contribution in [-0.2, 0) is 0 Å². The quantitative estimate of drug-likeness (QED) is 0.758. The van der Waals surface area contributed by atoms with Crippen molar-refractivity contribution >= 4 is 17.5 Å². The largest absolute Gasteiger partial charge is 0.368 e. The van der Waals surface area contributed by atoms with Gasteiger partial charge in [-0.1, -0.05) is 48.5 Å². The summed E-state index contributed by atoms with van der Waals surface area (Å²) in [4.78, 5) is 8.48. The van der Waals surface area contributed by atoms with E-state index in [0.717, 1.165) is 16.9 Å². The predicted molar refractivity (Wildman–Crippen MR) is 81.6 cm³/mol. The zero-order chi connectivity index (χ0) is 13.8. The van der Waals surface area contributed by atoms with E-state index in [9.17, 15) is 0 Å². The Hall–Kier alpha value is -2.88. The molecule has 4 nitrogen and oxygen atoms in total. The smallest absolute Gasteiger partial charge is 0.222 e. The van der Waals surface area contributed by atoms with Crippen molar-refractivity contribution in [3.05, 3.63) is 66.7 Å². The van der Waals surface area contributed by atoms with E-state index in [4.69, 9.17) is 5.73 Å². The fraction of sp³-hybridized carbons (Fsp3) is 0. The molecular formula is C16H14N4. The van der Waals surface area contributed by atoms with E-state index in [1.807, 2.05) is 66.7 Å². The van der Waals surface area contributed by atoms with Crippen LogP contribution in [0.3, 0.4) is 0 Å². The summed E-state index contributed by atoms with van der Waals surface area (Å²) in [5.41, 5.74) is 8.56. The van der Waals surface area contributed by atoms with Crippen molar-refractivity contribution in [2.75, 3.05) is 11.1 Å². The van der Waals surface area contributed by atoms with E-state index in [2.05, 4.69) is 15.3 Å². The van der Waals surface area contributed by atoms with E-state index < -0.39 is 0 Å². The Labute approximate surface area is 117 Å². The Morgan fingerprint density at radius 1 is 0.800 bits per heavy atom. The third-order valence-corrected chi connectivity index (χ3v) is 2.86. The van der Waals surface area contributed by atoms with Gasteiger partial charge in [-0.25, -0.2) is 4.98 Å². The van der Waals surface area contributed by atoms with Crippen LogP contribution in [0.2, 0.25) is 0 Å². The van der Waals surface area contributed by atoms with Crippen LogP contribution in [-0.4, -0.2) is 9.97 Å². The van der Waals surface area contributed by atoms with E-state index >= 15 is 0 Å². The van der Waals surface area contributed by atoms with Crippen LogP contribution in [0.5, 0.6) is 0 Å². The first-order chi connectivity index (χ1) is 9.81. The van der Waals surface area contributed by atoms with Crippen LogP contribution in [0.4, 0.5) is 17.5 Å². The molecular weight excluding hydrogens is 248 g/mol. The molecule has 98 valence electrons. The summed E-state index contributed by atoms with van der Waals surface area (Å²) in [7, 11) is 0. The number of hydrogen-bond donors (Lipinski definition) is 2. The van der Waals surface area contributed by atoms with Gasteiger partial charge in [-0.3, -0.25) is 0 Å². The molecule has 0 aliphatic rings. The molecule has 3 N–H and O–H groups in total. The number of hydrogen-bond acceptors (Lipinski definition) is 4. The minimum absolute atomic E-state index is 0.254. The maximum Gasteiger partial charge on any atom is 0.222 e. The number of nitrogens with zero attached hydrogens (tertiary/aromatic N) is 2. The molecule has 4 heteroatoms. The Bertz CT molecular complexity index is 696. The minimum atomic E-state index is 0.254. The number of nitrogens with one attached hydrogen (secondary N) is 1.